The quantitative estimate of drug-likeness (QED) is 0.848. The topological polar surface area (TPSA) is 56.8 Å². The van der Waals surface area contributed by atoms with Crippen LogP contribution in [-0.4, -0.2) is 31.8 Å². The highest BCUT2D eigenvalue weighted by molar-refractivity contribution is 5.91. The van der Waals surface area contributed by atoms with Crippen molar-refractivity contribution in [2.24, 2.45) is 0 Å². The van der Waals surface area contributed by atoms with Crippen LogP contribution in [-0.2, 0) is 9.53 Å². The minimum absolute atomic E-state index is 0.0265. The van der Waals surface area contributed by atoms with E-state index < -0.39 is 0 Å². The lowest BCUT2D eigenvalue weighted by molar-refractivity contribution is -0.118. The first kappa shape index (κ1) is 16.3. The molecule has 1 N–H and O–H groups in total. The molecular weight excluding hydrogens is 306 g/mol. The molecule has 2 aromatic rings. The molecule has 1 aliphatic heterocycles. The largest absolute Gasteiger partial charge is 0.491 e. The average Bonchev–Trinajstić information content (AvgIpc) is 3.14. The van der Waals surface area contributed by atoms with Gasteiger partial charge in [-0.3, -0.25) is 4.79 Å². The van der Waals surface area contributed by atoms with E-state index in [4.69, 9.17) is 14.2 Å². The van der Waals surface area contributed by atoms with Crippen LogP contribution in [0.5, 0.6) is 11.5 Å². The van der Waals surface area contributed by atoms with E-state index in [1.54, 1.807) is 0 Å². The maximum atomic E-state index is 11.9. The third-order valence-corrected chi connectivity index (χ3v) is 3.71. The molecule has 0 unspecified atom stereocenters. The number of para-hydroxylation sites is 1. The number of amides is 1. The van der Waals surface area contributed by atoms with Crippen molar-refractivity contribution in [3.63, 3.8) is 0 Å². The molecule has 126 valence electrons. The fraction of sp³-hybridized carbons (Fsp3) is 0.316. The highest BCUT2D eigenvalue weighted by Crippen LogP contribution is 2.18. The maximum Gasteiger partial charge on any atom is 0.262 e. The molecule has 1 saturated heterocycles. The van der Waals surface area contributed by atoms with Gasteiger partial charge in [-0.05, 0) is 49.2 Å². The lowest BCUT2D eigenvalue weighted by atomic mass is 10.2. The number of anilines is 1. The second kappa shape index (κ2) is 8.36. The van der Waals surface area contributed by atoms with E-state index in [-0.39, 0.29) is 18.6 Å². The van der Waals surface area contributed by atoms with E-state index in [0.717, 1.165) is 25.2 Å². The Balaban J connectivity index is 1.42. The van der Waals surface area contributed by atoms with Crippen molar-refractivity contribution in [3.8, 4) is 11.5 Å². The summed E-state index contributed by atoms with van der Waals surface area (Å²) < 4.78 is 16.6. The smallest absolute Gasteiger partial charge is 0.262 e. The zero-order chi connectivity index (χ0) is 16.6. The molecule has 5 nitrogen and oxygen atoms in total. The van der Waals surface area contributed by atoms with Crippen LogP contribution >= 0.6 is 0 Å². The van der Waals surface area contributed by atoms with Gasteiger partial charge in [-0.15, -0.1) is 0 Å². The van der Waals surface area contributed by atoms with Gasteiger partial charge in [0.25, 0.3) is 5.91 Å². The molecule has 2 aromatic carbocycles. The van der Waals surface area contributed by atoms with Gasteiger partial charge < -0.3 is 19.5 Å². The van der Waals surface area contributed by atoms with Crippen LogP contribution in [0.25, 0.3) is 0 Å². The van der Waals surface area contributed by atoms with Gasteiger partial charge in [-0.2, -0.15) is 0 Å². The predicted octanol–water partition coefficient (Wildman–Crippen LogP) is 3.26. The molecule has 0 saturated carbocycles. The van der Waals surface area contributed by atoms with Gasteiger partial charge in [0.1, 0.15) is 18.1 Å². The second-order valence-electron chi connectivity index (χ2n) is 5.62. The molecule has 0 aliphatic carbocycles. The van der Waals surface area contributed by atoms with Crippen LogP contribution in [0.1, 0.15) is 12.8 Å². The number of nitrogens with one attached hydrogen (secondary N) is 1. The SMILES string of the molecule is O=C(COc1ccccc1)Nc1ccc(OC[C@@H]2CCCO2)cc1. The number of hydrogen-bond donors (Lipinski definition) is 1. The van der Waals surface area contributed by atoms with Gasteiger partial charge in [0.2, 0.25) is 0 Å². The van der Waals surface area contributed by atoms with Crippen LogP contribution in [0.4, 0.5) is 5.69 Å². The highest BCUT2D eigenvalue weighted by Gasteiger charge is 2.15. The maximum absolute atomic E-state index is 11.9. The number of ether oxygens (including phenoxy) is 3. The van der Waals surface area contributed by atoms with E-state index >= 15 is 0 Å². The first-order chi connectivity index (χ1) is 11.8. The summed E-state index contributed by atoms with van der Waals surface area (Å²) in [6.45, 7) is 1.36. The number of rotatable bonds is 7. The molecule has 1 aliphatic rings. The van der Waals surface area contributed by atoms with Crippen molar-refractivity contribution >= 4 is 11.6 Å². The van der Waals surface area contributed by atoms with Crippen LogP contribution < -0.4 is 14.8 Å². The van der Waals surface area contributed by atoms with Crippen LogP contribution in [0.2, 0.25) is 0 Å². The summed E-state index contributed by atoms with van der Waals surface area (Å²) in [6, 6.07) is 16.5. The predicted molar refractivity (Wildman–Crippen MR) is 91.5 cm³/mol. The van der Waals surface area contributed by atoms with Crippen molar-refractivity contribution in [1.29, 1.82) is 0 Å². The average molecular weight is 327 g/mol. The fourth-order valence-electron chi connectivity index (χ4n) is 2.46. The Hall–Kier alpha value is -2.53. The van der Waals surface area contributed by atoms with E-state index in [1.165, 1.54) is 0 Å². The summed E-state index contributed by atoms with van der Waals surface area (Å²) in [7, 11) is 0. The molecule has 0 aromatic heterocycles. The molecule has 0 bridgehead atoms. The monoisotopic (exact) mass is 327 g/mol. The molecule has 3 rings (SSSR count). The Morgan fingerprint density at radius 3 is 2.50 bits per heavy atom. The van der Waals surface area contributed by atoms with Crippen molar-refractivity contribution in [1.82, 2.24) is 0 Å². The van der Waals surface area contributed by atoms with E-state index in [1.807, 2.05) is 54.6 Å². The van der Waals surface area contributed by atoms with Gasteiger partial charge in [0, 0.05) is 12.3 Å². The Morgan fingerprint density at radius 1 is 1.04 bits per heavy atom. The molecule has 24 heavy (non-hydrogen) atoms. The molecule has 5 heteroatoms. The molecular formula is C19H21NO4. The molecule has 0 spiro atoms. The van der Waals surface area contributed by atoms with Crippen LogP contribution in [0.3, 0.4) is 0 Å². The Labute approximate surface area is 141 Å². The van der Waals surface area contributed by atoms with Crippen molar-refractivity contribution < 1.29 is 19.0 Å². The summed E-state index contributed by atoms with van der Waals surface area (Å²) in [5.41, 5.74) is 0.709. The number of hydrogen-bond acceptors (Lipinski definition) is 4. The molecule has 1 atom stereocenters. The van der Waals surface area contributed by atoms with E-state index in [9.17, 15) is 4.79 Å². The third-order valence-electron chi connectivity index (χ3n) is 3.71. The Bertz CT molecular complexity index is 636. The Kier molecular flexibility index (Phi) is 5.69. The first-order valence-corrected chi connectivity index (χ1v) is 8.12. The van der Waals surface area contributed by atoms with Gasteiger partial charge in [0.15, 0.2) is 6.61 Å². The highest BCUT2D eigenvalue weighted by atomic mass is 16.5. The first-order valence-electron chi connectivity index (χ1n) is 8.12. The third kappa shape index (κ3) is 4.99. The number of carbonyl (C=O) groups excluding carboxylic acids is 1. The lowest BCUT2D eigenvalue weighted by Gasteiger charge is -2.12. The molecule has 1 amide bonds. The van der Waals surface area contributed by atoms with E-state index in [0.29, 0.717) is 18.0 Å². The van der Waals surface area contributed by atoms with Crippen molar-refractivity contribution in [2.45, 2.75) is 18.9 Å². The van der Waals surface area contributed by atoms with Crippen LogP contribution in [0.15, 0.2) is 54.6 Å². The van der Waals surface area contributed by atoms with Gasteiger partial charge >= 0.3 is 0 Å². The summed E-state index contributed by atoms with van der Waals surface area (Å²) >= 11 is 0. The minimum atomic E-state index is -0.202. The lowest BCUT2D eigenvalue weighted by Crippen LogP contribution is -2.20. The standard InChI is InChI=1S/C19H21NO4/c21-19(14-24-16-5-2-1-3-6-16)20-15-8-10-17(11-9-15)23-13-18-7-4-12-22-18/h1-3,5-6,8-11,18H,4,7,12-14H2,(H,20,21)/t18-/m0/s1. The van der Waals surface area contributed by atoms with Gasteiger partial charge in [-0.1, -0.05) is 18.2 Å². The summed E-state index contributed by atoms with van der Waals surface area (Å²) in [5, 5.41) is 2.79. The van der Waals surface area contributed by atoms with Crippen LogP contribution in [0, 0.1) is 0 Å². The summed E-state index contributed by atoms with van der Waals surface area (Å²) in [4.78, 5) is 11.9. The molecule has 1 fully saturated rings. The fourth-order valence-corrected chi connectivity index (χ4v) is 2.46. The molecule has 0 radical (unpaired) electrons. The Morgan fingerprint density at radius 2 is 1.79 bits per heavy atom. The minimum Gasteiger partial charge on any atom is -0.491 e. The second-order valence-corrected chi connectivity index (χ2v) is 5.62. The normalized spacial score (nSPS) is 16.6. The van der Waals surface area contributed by atoms with Gasteiger partial charge in [0.05, 0.1) is 6.10 Å². The van der Waals surface area contributed by atoms with E-state index in [2.05, 4.69) is 5.32 Å². The summed E-state index contributed by atoms with van der Waals surface area (Å²) in [6.07, 6.45) is 2.35. The zero-order valence-corrected chi connectivity index (χ0v) is 13.4. The molecule has 1 heterocycles. The zero-order valence-electron chi connectivity index (χ0n) is 13.4. The number of benzene rings is 2. The van der Waals surface area contributed by atoms with Gasteiger partial charge in [-0.25, -0.2) is 0 Å². The summed E-state index contributed by atoms with van der Waals surface area (Å²) in [5.74, 6) is 1.24. The van der Waals surface area contributed by atoms with Crippen molar-refractivity contribution in [3.05, 3.63) is 54.6 Å². The number of carbonyl (C=O) groups is 1. The van der Waals surface area contributed by atoms with Crippen molar-refractivity contribution in [2.75, 3.05) is 25.1 Å².